The molecule has 0 aromatic heterocycles. The average Bonchev–Trinajstić information content (AvgIpc) is 2.82. The molecule has 0 radical (unpaired) electrons. The Morgan fingerprint density at radius 2 is 1.69 bits per heavy atom. The molecule has 1 aliphatic rings. The van der Waals surface area contributed by atoms with Crippen LogP contribution in [-0.4, -0.2) is 47.9 Å². The summed E-state index contributed by atoms with van der Waals surface area (Å²) in [6.07, 6.45) is 3.41. The van der Waals surface area contributed by atoms with Gasteiger partial charge in [0.1, 0.15) is 5.54 Å². The highest BCUT2D eigenvalue weighted by Gasteiger charge is 2.43. The van der Waals surface area contributed by atoms with Crippen LogP contribution < -0.4 is 5.32 Å². The maximum atomic E-state index is 13.1. The number of hydrogen-bond donors (Lipinski definition) is 1. The molecule has 1 N–H and O–H groups in total. The SMILES string of the molecule is COC(=O)c1ccc(C(=O)N2CCCCCC2(C)C(=O)NC(C)C)cc1. The molecule has 1 fully saturated rings. The molecule has 2 amide bonds. The van der Waals surface area contributed by atoms with E-state index in [-0.39, 0.29) is 17.9 Å². The molecule has 6 nitrogen and oxygen atoms in total. The van der Waals surface area contributed by atoms with Gasteiger partial charge < -0.3 is 15.0 Å². The molecule has 1 unspecified atom stereocenters. The Morgan fingerprint density at radius 1 is 1.08 bits per heavy atom. The van der Waals surface area contributed by atoms with Crippen LogP contribution in [-0.2, 0) is 9.53 Å². The van der Waals surface area contributed by atoms with Crippen molar-refractivity contribution in [1.82, 2.24) is 10.2 Å². The molecule has 142 valence electrons. The first-order chi connectivity index (χ1) is 12.3. The number of carbonyl (C=O) groups excluding carboxylic acids is 3. The zero-order chi connectivity index (χ0) is 19.3. The van der Waals surface area contributed by atoms with Crippen LogP contribution in [0.2, 0.25) is 0 Å². The van der Waals surface area contributed by atoms with Crippen molar-refractivity contribution in [2.45, 2.75) is 58.0 Å². The largest absolute Gasteiger partial charge is 0.465 e. The molecule has 1 atom stereocenters. The van der Waals surface area contributed by atoms with Crippen LogP contribution in [0.15, 0.2) is 24.3 Å². The Balaban J connectivity index is 2.30. The third-order valence-corrected chi connectivity index (χ3v) is 4.85. The molecule has 1 aromatic carbocycles. The Labute approximate surface area is 154 Å². The molecule has 0 spiro atoms. The van der Waals surface area contributed by atoms with E-state index in [9.17, 15) is 14.4 Å². The maximum Gasteiger partial charge on any atom is 0.337 e. The quantitative estimate of drug-likeness (QED) is 0.838. The molecule has 0 bridgehead atoms. The fourth-order valence-electron chi connectivity index (χ4n) is 3.30. The molecule has 1 aliphatic heterocycles. The number of esters is 1. The van der Waals surface area contributed by atoms with Crippen molar-refractivity contribution in [3.05, 3.63) is 35.4 Å². The van der Waals surface area contributed by atoms with Crippen LogP contribution in [0.1, 0.15) is 67.2 Å². The number of hydrogen-bond acceptors (Lipinski definition) is 4. The second-order valence-electron chi connectivity index (χ2n) is 7.24. The summed E-state index contributed by atoms with van der Waals surface area (Å²) in [5, 5.41) is 2.95. The Bertz CT molecular complexity index is 669. The van der Waals surface area contributed by atoms with Crippen molar-refractivity contribution in [1.29, 1.82) is 0 Å². The van der Waals surface area contributed by atoms with Gasteiger partial charge in [-0.3, -0.25) is 9.59 Å². The van der Waals surface area contributed by atoms with Crippen molar-refractivity contribution in [3.8, 4) is 0 Å². The van der Waals surface area contributed by atoms with Gasteiger partial charge in [0.05, 0.1) is 12.7 Å². The summed E-state index contributed by atoms with van der Waals surface area (Å²) in [7, 11) is 1.32. The van der Waals surface area contributed by atoms with Crippen molar-refractivity contribution in [3.63, 3.8) is 0 Å². The number of amides is 2. The third-order valence-electron chi connectivity index (χ3n) is 4.85. The van der Waals surface area contributed by atoms with E-state index in [4.69, 9.17) is 0 Å². The first-order valence-electron chi connectivity index (χ1n) is 9.11. The molecule has 6 heteroatoms. The molecule has 1 saturated heterocycles. The van der Waals surface area contributed by atoms with Crippen molar-refractivity contribution < 1.29 is 19.1 Å². The molecule has 26 heavy (non-hydrogen) atoms. The van der Waals surface area contributed by atoms with E-state index in [1.165, 1.54) is 7.11 Å². The Hall–Kier alpha value is -2.37. The number of benzene rings is 1. The van der Waals surface area contributed by atoms with Crippen LogP contribution in [0.3, 0.4) is 0 Å². The zero-order valence-corrected chi connectivity index (χ0v) is 16.0. The van der Waals surface area contributed by atoms with Gasteiger partial charge in [0.25, 0.3) is 5.91 Å². The number of methoxy groups -OCH3 is 1. The van der Waals surface area contributed by atoms with Gasteiger partial charge in [0.15, 0.2) is 0 Å². The summed E-state index contributed by atoms with van der Waals surface area (Å²) in [5.41, 5.74) is -0.0258. The van der Waals surface area contributed by atoms with Gasteiger partial charge in [-0.1, -0.05) is 12.8 Å². The Kier molecular flexibility index (Phi) is 6.40. The van der Waals surface area contributed by atoms with E-state index in [0.717, 1.165) is 19.3 Å². The van der Waals surface area contributed by atoms with E-state index >= 15 is 0 Å². The lowest BCUT2D eigenvalue weighted by Crippen LogP contribution is -2.59. The van der Waals surface area contributed by atoms with Crippen LogP contribution >= 0.6 is 0 Å². The minimum atomic E-state index is -0.876. The summed E-state index contributed by atoms with van der Waals surface area (Å²) in [4.78, 5) is 39.2. The summed E-state index contributed by atoms with van der Waals surface area (Å²) in [5.74, 6) is -0.751. The standard InChI is InChI=1S/C20H28N2O4/c1-14(2)21-19(25)20(3)12-6-5-7-13-22(20)17(23)15-8-10-16(11-9-15)18(24)26-4/h8-11,14H,5-7,12-13H2,1-4H3,(H,21,25). The molecule has 1 aromatic rings. The first-order valence-corrected chi connectivity index (χ1v) is 9.11. The van der Waals surface area contributed by atoms with Gasteiger partial charge >= 0.3 is 5.97 Å². The van der Waals surface area contributed by atoms with E-state index in [1.54, 1.807) is 29.2 Å². The number of likely N-dealkylation sites (tertiary alicyclic amines) is 1. The van der Waals surface area contributed by atoms with Gasteiger partial charge in [0, 0.05) is 18.2 Å². The molecule has 1 heterocycles. The van der Waals surface area contributed by atoms with Gasteiger partial charge in [-0.15, -0.1) is 0 Å². The second kappa shape index (κ2) is 8.34. The normalized spacial score (nSPS) is 20.4. The van der Waals surface area contributed by atoms with Gasteiger partial charge in [-0.05, 0) is 57.9 Å². The number of ether oxygens (including phenoxy) is 1. The van der Waals surface area contributed by atoms with Gasteiger partial charge in [0.2, 0.25) is 5.91 Å². The average molecular weight is 360 g/mol. The van der Waals surface area contributed by atoms with Crippen LogP contribution in [0.5, 0.6) is 0 Å². The molecule has 2 rings (SSSR count). The number of nitrogens with zero attached hydrogens (tertiary/aromatic N) is 1. The highest BCUT2D eigenvalue weighted by atomic mass is 16.5. The lowest BCUT2D eigenvalue weighted by Gasteiger charge is -2.39. The second-order valence-corrected chi connectivity index (χ2v) is 7.24. The molecular weight excluding hydrogens is 332 g/mol. The zero-order valence-electron chi connectivity index (χ0n) is 16.0. The van der Waals surface area contributed by atoms with Crippen molar-refractivity contribution >= 4 is 17.8 Å². The summed E-state index contributed by atoms with van der Waals surface area (Å²) < 4.78 is 4.68. The maximum absolute atomic E-state index is 13.1. The van der Waals surface area contributed by atoms with Crippen LogP contribution in [0, 0.1) is 0 Å². The summed E-state index contributed by atoms with van der Waals surface area (Å²) in [6, 6.07) is 6.38. The fourth-order valence-corrected chi connectivity index (χ4v) is 3.30. The molecule has 0 aliphatic carbocycles. The van der Waals surface area contributed by atoms with E-state index in [1.807, 2.05) is 20.8 Å². The fraction of sp³-hybridized carbons (Fsp3) is 0.550. The van der Waals surface area contributed by atoms with Gasteiger partial charge in [-0.25, -0.2) is 4.79 Å². The monoisotopic (exact) mass is 360 g/mol. The number of carbonyl (C=O) groups is 3. The Morgan fingerprint density at radius 3 is 2.27 bits per heavy atom. The van der Waals surface area contributed by atoms with E-state index < -0.39 is 11.5 Å². The van der Waals surface area contributed by atoms with Crippen molar-refractivity contribution in [2.75, 3.05) is 13.7 Å². The highest BCUT2D eigenvalue weighted by Crippen LogP contribution is 2.29. The van der Waals surface area contributed by atoms with E-state index in [0.29, 0.717) is 24.1 Å². The van der Waals surface area contributed by atoms with Gasteiger partial charge in [-0.2, -0.15) is 0 Å². The number of rotatable bonds is 4. The lowest BCUT2D eigenvalue weighted by molar-refractivity contribution is -0.132. The third kappa shape index (κ3) is 4.23. The lowest BCUT2D eigenvalue weighted by atomic mass is 9.91. The predicted molar refractivity (Wildman–Crippen MR) is 99.0 cm³/mol. The summed E-state index contributed by atoms with van der Waals surface area (Å²) >= 11 is 0. The summed E-state index contributed by atoms with van der Waals surface area (Å²) in [6.45, 7) is 6.21. The minimum Gasteiger partial charge on any atom is -0.465 e. The van der Waals surface area contributed by atoms with Crippen molar-refractivity contribution in [2.24, 2.45) is 0 Å². The topological polar surface area (TPSA) is 75.7 Å². The van der Waals surface area contributed by atoms with E-state index in [2.05, 4.69) is 10.1 Å². The van der Waals surface area contributed by atoms with Crippen LogP contribution in [0.25, 0.3) is 0 Å². The predicted octanol–water partition coefficient (Wildman–Crippen LogP) is 2.77. The minimum absolute atomic E-state index is 0.0128. The number of nitrogens with one attached hydrogen (secondary N) is 1. The molecule has 0 saturated carbocycles. The highest BCUT2D eigenvalue weighted by molar-refractivity contribution is 6.00. The smallest absolute Gasteiger partial charge is 0.337 e. The molecular formula is C20H28N2O4. The first kappa shape index (κ1) is 19.9. The van der Waals surface area contributed by atoms with Crippen LogP contribution in [0.4, 0.5) is 0 Å².